The number of aryl methyl sites for hydroxylation is 1. The van der Waals surface area contributed by atoms with Crippen LogP contribution in [-0.4, -0.2) is 11.9 Å². The fourth-order valence-electron chi connectivity index (χ4n) is 4.98. The molecule has 5 rings (SSSR count). The molecule has 1 heterocycles. The number of nitrogens with zero attached hydrogens (tertiary/aromatic N) is 1. The molecule has 1 amide bonds. The van der Waals surface area contributed by atoms with Crippen molar-refractivity contribution in [2.75, 3.05) is 4.90 Å². The maximum Gasteiger partial charge on any atom is 0.416 e. The van der Waals surface area contributed by atoms with E-state index in [1.54, 1.807) is 4.90 Å². The van der Waals surface area contributed by atoms with E-state index in [0.717, 1.165) is 34.1 Å². The number of hydrogen-bond donors (Lipinski definition) is 1. The van der Waals surface area contributed by atoms with Crippen LogP contribution in [0.3, 0.4) is 0 Å². The van der Waals surface area contributed by atoms with Gasteiger partial charge < -0.3 is 4.90 Å². The molecule has 0 radical (unpaired) electrons. The van der Waals surface area contributed by atoms with Crippen LogP contribution in [0, 0.1) is 3.57 Å². The monoisotopic (exact) mass is 562 g/mol. The summed E-state index contributed by atoms with van der Waals surface area (Å²) < 4.78 is 40.3. The highest BCUT2D eigenvalue weighted by Crippen LogP contribution is 2.41. The van der Waals surface area contributed by atoms with Crippen LogP contribution in [0.1, 0.15) is 47.2 Å². The van der Waals surface area contributed by atoms with Crippen molar-refractivity contribution in [3.8, 4) is 0 Å². The number of carbonyl (C=O) groups excluding carboxylic acids is 1. The van der Waals surface area contributed by atoms with Crippen LogP contribution in [-0.2, 0) is 17.4 Å². The Balaban J connectivity index is 1.47. The van der Waals surface area contributed by atoms with E-state index in [4.69, 9.17) is 0 Å². The molecule has 0 unspecified atom stereocenters. The zero-order valence-corrected chi connectivity index (χ0v) is 19.8. The van der Waals surface area contributed by atoms with E-state index in [1.165, 1.54) is 23.3 Å². The summed E-state index contributed by atoms with van der Waals surface area (Å²) in [5, 5.41) is 3.56. The van der Waals surface area contributed by atoms with Gasteiger partial charge in [0.2, 0.25) is 5.91 Å². The van der Waals surface area contributed by atoms with E-state index < -0.39 is 17.8 Å². The standard InChI is InChI=1S/C26H22F3IN2O/c27-26(28,29)18-9-11-20(12-10-18)32-24(17-5-3-6-19(30)14-17)15-23(25(32)33)31-22-13-8-16-4-1-2-7-21(16)22/h1-7,9-12,14,22-24,31H,8,13,15H2/t22-,23-,24-/m1/s1. The number of amides is 1. The van der Waals surface area contributed by atoms with Crippen LogP contribution in [0.15, 0.2) is 72.8 Å². The molecule has 3 atom stereocenters. The van der Waals surface area contributed by atoms with Crippen LogP contribution in [0.2, 0.25) is 0 Å². The van der Waals surface area contributed by atoms with E-state index in [9.17, 15) is 18.0 Å². The number of alkyl halides is 3. The average Bonchev–Trinajstić information content (AvgIpc) is 3.35. The Labute approximate surface area is 204 Å². The molecule has 1 saturated heterocycles. The molecule has 1 N–H and O–H groups in total. The summed E-state index contributed by atoms with van der Waals surface area (Å²) in [4.78, 5) is 15.3. The number of anilines is 1. The fourth-order valence-corrected chi connectivity index (χ4v) is 5.55. The summed E-state index contributed by atoms with van der Waals surface area (Å²) in [6.45, 7) is 0. The largest absolute Gasteiger partial charge is 0.416 e. The summed E-state index contributed by atoms with van der Waals surface area (Å²) >= 11 is 2.23. The van der Waals surface area contributed by atoms with E-state index in [0.29, 0.717) is 12.1 Å². The van der Waals surface area contributed by atoms with Crippen molar-refractivity contribution in [1.82, 2.24) is 5.32 Å². The lowest BCUT2D eigenvalue weighted by Crippen LogP contribution is -2.40. The van der Waals surface area contributed by atoms with Crippen molar-refractivity contribution in [1.29, 1.82) is 0 Å². The van der Waals surface area contributed by atoms with Gasteiger partial charge in [-0.3, -0.25) is 10.1 Å². The summed E-state index contributed by atoms with van der Waals surface area (Å²) in [6, 6.07) is 20.5. The number of benzene rings is 3. The van der Waals surface area contributed by atoms with E-state index in [2.05, 4.69) is 40.0 Å². The van der Waals surface area contributed by atoms with Gasteiger partial charge in [-0.25, -0.2) is 0 Å². The third-order valence-corrected chi connectivity index (χ3v) is 7.22. The minimum Gasteiger partial charge on any atom is -0.304 e. The summed E-state index contributed by atoms with van der Waals surface area (Å²) in [5.41, 5.74) is 3.26. The van der Waals surface area contributed by atoms with Crippen LogP contribution < -0.4 is 10.2 Å². The van der Waals surface area contributed by atoms with Gasteiger partial charge in [0.05, 0.1) is 17.6 Å². The zero-order valence-electron chi connectivity index (χ0n) is 17.6. The normalized spacial score (nSPS) is 22.6. The van der Waals surface area contributed by atoms with Gasteiger partial charge in [0, 0.05) is 15.3 Å². The maximum absolute atomic E-state index is 13.6. The van der Waals surface area contributed by atoms with Gasteiger partial charge in [0.1, 0.15) is 0 Å². The lowest BCUT2D eigenvalue weighted by Gasteiger charge is -2.26. The molecule has 1 aliphatic carbocycles. The Morgan fingerprint density at radius 1 is 0.939 bits per heavy atom. The van der Waals surface area contributed by atoms with E-state index in [1.807, 2.05) is 36.4 Å². The third-order valence-electron chi connectivity index (χ3n) is 6.55. The van der Waals surface area contributed by atoms with Crippen LogP contribution in [0.4, 0.5) is 18.9 Å². The van der Waals surface area contributed by atoms with Crippen molar-refractivity contribution >= 4 is 34.2 Å². The quantitative estimate of drug-likeness (QED) is 0.372. The predicted molar refractivity (Wildman–Crippen MR) is 130 cm³/mol. The molecular formula is C26H22F3IN2O. The van der Waals surface area contributed by atoms with E-state index in [-0.39, 0.29) is 18.0 Å². The number of hydrogen-bond acceptors (Lipinski definition) is 2. The zero-order chi connectivity index (χ0) is 23.2. The highest BCUT2D eigenvalue weighted by molar-refractivity contribution is 14.1. The molecule has 0 saturated carbocycles. The van der Waals surface area contributed by atoms with Gasteiger partial charge >= 0.3 is 6.18 Å². The van der Waals surface area contributed by atoms with E-state index >= 15 is 0 Å². The molecule has 170 valence electrons. The third kappa shape index (κ3) is 4.40. The SMILES string of the molecule is O=C1[C@H](N[C@@H]2CCc3ccccc32)C[C@H](c2cccc(I)c2)N1c1ccc(C(F)(F)F)cc1. The first kappa shape index (κ1) is 22.4. The molecule has 1 aliphatic heterocycles. The van der Waals surface area contributed by atoms with Gasteiger partial charge in [-0.05, 0) is 94.9 Å². The first-order valence-corrected chi connectivity index (χ1v) is 12.0. The molecule has 0 aromatic heterocycles. The number of rotatable bonds is 4. The minimum atomic E-state index is -4.41. The Bertz CT molecular complexity index is 1180. The predicted octanol–water partition coefficient (Wildman–Crippen LogP) is 6.43. The number of carbonyl (C=O) groups is 1. The number of halogens is 4. The van der Waals surface area contributed by atoms with Gasteiger partial charge in [-0.2, -0.15) is 13.2 Å². The lowest BCUT2D eigenvalue weighted by atomic mass is 10.0. The fraction of sp³-hybridized carbons (Fsp3) is 0.269. The van der Waals surface area contributed by atoms with Gasteiger partial charge in [-0.15, -0.1) is 0 Å². The van der Waals surface area contributed by atoms with Gasteiger partial charge in [0.15, 0.2) is 0 Å². The molecule has 33 heavy (non-hydrogen) atoms. The second-order valence-corrected chi connectivity index (χ2v) is 9.81. The van der Waals surface area contributed by atoms with Crippen molar-refractivity contribution < 1.29 is 18.0 Å². The van der Waals surface area contributed by atoms with Gasteiger partial charge in [0.25, 0.3) is 0 Å². The molecule has 3 aromatic rings. The average molecular weight is 562 g/mol. The van der Waals surface area contributed by atoms with Crippen molar-refractivity contribution in [3.05, 3.63) is 98.6 Å². The Kier molecular flexibility index (Phi) is 5.95. The Hall–Kier alpha value is -2.39. The lowest BCUT2D eigenvalue weighted by molar-refractivity contribution is -0.137. The van der Waals surface area contributed by atoms with Crippen molar-refractivity contribution in [2.45, 2.75) is 43.6 Å². The Morgan fingerprint density at radius 3 is 2.42 bits per heavy atom. The minimum absolute atomic E-state index is 0.0965. The molecule has 3 aromatic carbocycles. The summed E-state index contributed by atoms with van der Waals surface area (Å²) in [7, 11) is 0. The van der Waals surface area contributed by atoms with Crippen LogP contribution in [0.25, 0.3) is 0 Å². The highest BCUT2D eigenvalue weighted by atomic mass is 127. The smallest absolute Gasteiger partial charge is 0.304 e. The molecule has 7 heteroatoms. The first-order chi connectivity index (χ1) is 15.8. The second-order valence-electron chi connectivity index (χ2n) is 8.57. The van der Waals surface area contributed by atoms with Crippen molar-refractivity contribution in [2.24, 2.45) is 0 Å². The second kappa shape index (κ2) is 8.76. The van der Waals surface area contributed by atoms with Gasteiger partial charge in [-0.1, -0.05) is 36.4 Å². The van der Waals surface area contributed by atoms with Crippen LogP contribution in [0.5, 0.6) is 0 Å². The first-order valence-electron chi connectivity index (χ1n) is 10.9. The number of fused-ring (bicyclic) bond motifs is 1. The van der Waals surface area contributed by atoms with Crippen molar-refractivity contribution in [3.63, 3.8) is 0 Å². The molecular weight excluding hydrogens is 540 g/mol. The highest BCUT2D eigenvalue weighted by Gasteiger charge is 2.43. The molecule has 2 aliphatic rings. The maximum atomic E-state index is 13.6. The Morgan fingerprint density at radius 2 is 1.70 bits per heavy atom. The molecule has 1 fully saturated rings. The molecule has 3 nitrogen and oxygen atoms in total. The topological polar surface area (TPSA) is 32.3 Å². The molecule has 0 bridgehead atoms. The summed E-state index contributed by atoms with van der Waals surface area (Å²) in [6.07, 6.45) is -1.96. The van der Waals surface area contributed by atoms with Crippen LogP contribution >= 0.6 is 22.6 Å². The molecule has 0 spiro atoms. The summed E-state index contributed by atoms with van der Waals surface area (Å²) in [5.74, 6) is -0.108. The number of nitrogens with one attached hydrogen (secondary N) is 1.